The first-order chi connectivity index (χ1) is 12.3. The Morgan fingerprint density at radius 3 is 2.38 bits per heavy atom. The predicted octanol–water partition coefficient (Wildman–Crippen LogP) is 3.25. The molecule has 2 aromatic carbocycles. The molecule has 0 aromatic heterocycles. The number of carbonyl (C=O) groups excluding carboxylic acids is 2. The summed E-state index contributed by atoms with van der Waals surface area (Å²) in [7, 11) is 0. The molecule has 7 nitrogen and oxygen atoms in total. The highest BCUT2D eigenvalue weighted by atomic mass is 19.1. The van der Waals surface area contributed by atoms with E-state index >= 15 is 0 Å². The molecular formula is C18H17FN2O5. The van der Waals surface area contributed by atoms with E-state index in [4.69, 9.17) is 4.74 Å². The lowest BCUT2D eigenvalue weighted by molar-refractivity contribution is -0.385. The van der Waals surface area contributed by atoms with Crippen LogP contribution in [0.4, 0.5) is 15.8 Å². The van der Waals surface area contributed by atoms with Gasteiger partial charge >= 0.3 is 5.97 Å². The minimum absolute atomic E-state index is 0.105. The Bertz CT molecular complexity index is 836. The maximum Gasteiger partial charge on any atom is 0.338 e. The zero-order valence-corrected chi connectivity index (χ0v) is 14.3. The summed E-state index contributed by atoms with van der Waals surface area (Å²) in [6.45, 7) is 3.06. The quantitative estimate of drug-likeness (QED) is 0.448. The number of benzene rings is 2. The molecule has 0 N–H and O–H groups in total. The summed E-state index contributed by atoms with van der Waals surface area (Å²) in [5, 5.41) is 10.8. The van der Waals surface area contributed by atoms with Crippen LogP contribution in [0.5, 0.6) is 0 Å². The number of halogens is 1. The van der Waals surface area contributed by atoms with Crippen LogP contribution in [0.1, 0.15) is 22.8 Å². The highest BCUT2D eigenvalue weighted by molar-refractivity contribution is 5.97. The second-order valence-electron chi connectivity index (χ2n) is 5.45. The Balaban J connectivity index is 2.03. The largest absolute Gasteiger partial charge is 0.452 e. The van der Waals surface area contributed by atoms with Crippen molar-refractivity contribution in [1.82, 2.24) is 0 Å². The molecule has 2 aromatic rings. The number of rotatable bonds is 6. The van der Waals surface area contributed by atoms with E-state index in [1.165, 1.54) is 54.3 Å². The van der Waals surface area contributed by atoms with Crippen LogP contribution in [0.3, 0.4) is 0 Å². The molecule has 26 heavy (non-hydrogen) atoms. The first kappa shape index (κ1) is 19.0. The Hall–Kier alpha value is -3.29. The van der Waals surface area contributed by atoms with Crippen molar-refractivity contribution in [2.45, 2.75) is 13.8 Å². The predicted molar refractivity (Wildman–Crippen MR) is 92.5 cm³/mol. The first-order valence-electron chi connectivity index (χ1n) is 7.81. The number of carbonyl (C=O) groups is 2. The third kappa shape index (κ3) is 4.41. The summed E-state index contributed by atoms with van der Waals surface area (Å²) in [5.74, 6) is -1.64. The number of nitro groups is 1. The number of hydrogen-bond acceptors (Lipinski definition) is 5. The van der Waals surface area contributed by atoms with E-state index in [0.717, 1.165) is 0 Å². The van der Waals surface area contributed by atoms with Crippen molar-refractivity contribution >= 4 is 23.3 Å². The van der Waals surface area contributed by atoms with Crippen LogP contribution in [0.15, 0.2) is 42.5 Å². The van der Waals surface area contributed by atoms with E-state index in [-0.39, 0.29) is 11.3 Å². The average molecular weight is 360 g/mol. The van der Waals surface area contributed by atoms with Gasteiger partial charge in [0.15, 0.2) is 6.61 Å². The minimum Gasteiger partial charge on any atom is -0.452 e. The van der Waals surface area contributed by atoms with Gasteiger partial charge in [0, 0.05) is 23.9 Å². The average Bonchev–Trinajstić information content (AvgIpc) is 2.61. The molecule has 1 amide bonds. The van der Waals surface area contributed by atoms with Gasteiger partial charge in [0.1, 0.15) is 5.82 Å². The number of esters is 1. The Morgan fingerprint density at radius 1 is 1.19 bits per heavy atom. The van der Waals surface area contributed by atoms with Gasteiger partial charge in [-0.05, 0) is 50.2 Å². The summed E-state index contributed by atoms with van der Waals surface area (Å²) in [6.07, 6.45) is 0. The van der Waals surface area contributed by atoms with Crippen LogP contribution in [0.25, 0.3) is 0 Å². The lowest BCUT2D eigenvalue weighted by Gasteiger charge is -2.20. The number of amides is 1. The fourth-order valence-corrected chi connectivity index (χ4v) is 2.40. The van der Waals surface area contributed by atoms with Crippen LogP contribution in [0, 0.1) is 22.9 Å². The minimum atomic E-state index is -0.758. The zero-order valence-electron chi connectivity index (χ0n) is 14.3. The molecule has 0 saturated carbocycles. The lowest BCUT2D eigenvalue weighted by atomic mass is 10.1. The van der Waals surface area contributed by atoms with E-state index in [1.54, 1.807) is 6.92 Å². The summed E-state index contributed by atoms with van der Waals surface area (Å²) >= 11 is 0. The number of likely N-dealkylation sites (N-methyl/N-ethyl adjacent to an activating group) is 1. The third-order valence-electron chi connectivity index (χ3n) is 3.71. The van der Waals surface area contributed by atoms with E-state index < -0.39 is 29.2 Å². The smallest absolute Gasteiger partial charge is 0.338 e. The molecule has 0 bridgehead atoms. The molecule has 0 heterocycles. The van der Waals surface area contributed by atoms with Crippen molar-refractivity contribution in [1.29, 1.82) is 0 Å². The number of anilines is 1. The lowest BCUT2D eigenvalue weighted by Crippen LogP contribution is -2.34. The standard InChI is InChI=1S/C18H17FN2O5/c1-3-20(15-7-5-14(19)6-8-15)17(22)11-26-18(23)13-4-9-16(21(24)25)12(2)10-13/h4-10H,3,11H2,1-2H3. The second kappa shape index (κ2) is 8.19. The topological polar surface area (TPSA) is 89.8 Å². The summed E-state index contributed by atoms with van der Waals surface area (Å²) < 4.78 is 18.0. The van der Waals surface area contributed by atoms with Crippen LogP contribution < -0.4 is 4.90 Å². The Kier molecular flexibility index (Phi) is 6.00. The highest BCUT2D eigenvalue weighted by Gasteiger charge is 2.18. The number of nitro benzene ring substituents is 1. The molecule has 0 aliphatic carbocycles. The molecule has 136 valence electrons. The molecule has 0 radical (unpaired) electrons. The van der Waals surface area contributed by atoms with E-state index in [2.05, 4.69) is 0 Å². The number of ether oxygens (including phenoxy) is 1. The molecule has 0 spiro atoms. The van der Waals surface area contributed by atoms with E-state index in [1.807, 2.05) is 0 Å². The van der Waals surface area contributed by atoms with Crippen molar-refractivity contribution < 1.29 is 23.6 Å². The Labute approximate surface area is 149 Å². The highest BCUT2D eigenvalue weighted by Crippen LogP contribution is 2.19. The monoisotopic (exact) mass is 360 g/mol. The molecule has 0 unspecified atom stereocenters. The van der Waals surface area contributed by atoms with Crippen molar-refractivity contribution in [3.63, 3.8) is 0 Å². The molecule has 2 rings (SSSR count). The SMILES string of the molecule is CCN(C(=O)COC(=O)c1ccc([N+](=O)[O-])c(C)c1)c1ccc(F)cc1. The second-order valence-corrected chi connectivity index (χ2v) is 5.45. The van der Waals surface area contributed by atoms with Gasteiger partial charge in [-0.2, -0.15) is 0 Å². The van der Waals surface area contributed by atoms with Crippen molar-refractivity contribution in [3.05, 3.63) is 69.5 Å². The fourth-order valence-electron chi connectivity index (χ4n) is 2.40. The third-order valence-corrected chi connectivity index (χ3v) is 3.71. The number of nitrogens with zero attached hydrogens (tertiary/aromatic N) is 2. The van der Waals surface area contributed by atoms with Gasteiger partial charge < -0.3 is 9.64 Å². The van der Waals surface area contributed by atoms with Crippen molar-refractivity contribution in [3.8, 4) is 0 Å². The van der Waals surface area contributed by atoms with E-state index in [0.29, 0.717) is 17.8 Å². The van der Waals surface area contributed by atoms with E-state index in [9.17, 15) is 24.1 Å². The van der Waals surface area contributed by atoms with Crippen molar-refractivity contribution in [2.75, 3.05) is 18.1 Å². The molecule has 0 atom stereocenters. The molecule has 8 heteroatoms. The molecule has 0 aliphatic heterocycles. The van der Waals surface area contributed by atoms with Gasteiger partial charge in [0.05, 0.1) is 10.5 Å². The maximum atomic E-state index is 13.0. The van der Waals surface area contributed by atoms with Crippen LogP contribution in [-0.4, -0.2) is 30.0 Å². The van der Waals surface area contributed by atoms with Gasteiger partial charge in [-0.15, -0.1) is 0 Å². The van der Waals surface area contributed by atoms with Gasteiger partial charge in [0.25, 0.3) is 11.6 Å². The summed E-state index contributed by atoms with van der Waals surface area (Å²) in [4.78, 5) is 35.9. The van der Waals surface area contributed by atoms with Crippen LogP contribution >= 0.6 is 0 Å². The molecular weight excluding hydrogens is 343 g/mol. The van der Waals surface area contributed by atoms with Crippen LogP contribution in [0.2, 0.25) is 0 Å². The fraction of sp³-hybridized carbons (Fsp3) is 0.222. The molecule has 0 aliphatic rings. The summed E-state index contributed by atoms with van der Waals surface area (Å²) in [5.41, 5.74) is 0.815. The van der Waals surface area contributed by atoms with Gasteiger partial charge in [-0.3, -0.25) is 14.9 Å². The number of aryl methyl sites for hydroxylation is 1. The zero-order chi connectivity index (χ0) is 19.3. The Morgan fingerprint density at radius 2 is 1.85 bits per heavy atom. The molecule has 0 fully saturated rings. The van der Waals surface area contributed by atoms with Gasteiger partial charge in [0.2, 0.25) is 0 Å². The van der Waals surface area contributed by atoms with Gasteiger partial charge in [-0.25, -0.2) is 9.18 Å². The summed E-state index contributed by atoms with van der Waals surface area (Å²) in [6, 6.07) is 9.20. The molecule has 0 saturated heterocycles. The van der Waals surface area contributed by atoms with Crippen molar-refractivity contribution in [2.24, 2.45) is 0 Å². The normalized spacial score (nSPS) is 10.3. The van der Waals surface area contributed by atoms with Gasteiger partial charge in [-0.1, -0.05) is 0 Å². The first-order valence-corrected chi connectivity index (χ1v) is 7.81. The van der Waals surface area contributed by atoms with Crippen LogP contribution in [-0.2, 0) is 9.53 Å². The maximum absolute atomic E-state index is 13.0. The number of hydrogen-bond donors (Lipinski definition) is 0.